The SMILES string of the molecule is CC(=O)Nc1cnc(-c2cc(C(=O)NC3CC3CCC(C)(C)NC(=O)c3ccc(-c4cc(C(=O)NC5CC5)cc(F)c4C)nc3)cc(F)c2C)cc1C. The first-order valence-electron chi connectivity index (χ1n) is 17.8. The summed E-state index contributed by atoms with van der Waals surface area (Å²) in [6.45, 7) is 10.4. The van der Waals surface area contributed by atoms with E-state index in [1.54, 1.807) is 44.2 Å². The number of aryl methyl sites for hydroxylation is 1. The van der Waals surface area contributed by atoms with Gasteiger partial charge in [-0.25, -0.2) is 8.78 Å². The van der Waals surface area contributed by atoms with Crippen LogP contribution in [0.4, 0.5) is 14.5 Å². The zero-order valence-electron chi connectivity index (χ0n) is 30.7. The van der Waals surface area contributed by atoms with Crippen LogP contribution in [-0.4, -0.2) is 51.2 Å². The lowest BCUT2D eigenvalue weighted by molar-refractivity contribution is -0.114. The number of halogens is 2. The molecule has 0 saturated heterocycles. The Hall–Kier alpha value is -5.52. The molecule has 2 fully saturated rings. The van der Waals surface area contributed by atoms with E-state index in [0.717, 1.165) is 31.2 Å². The second-order valence-electron chi connectivity index (χ2n) is 15.0. The Morgan fingerprint density at radius 2 is 1.38 bits per heavy atom. The van der Waals surface area contributed by atoms with Gasteiger partial charge >= 0.3 is 0 Å². The van der Waals surface area contributed by atoms with E-state index in [0.29, 0.717) is 51.3 Å². The van der Waals surface area contributed by atoms with Crippen LogP contribution in [0.3, 0.4) is 0 Å². The van der Waals surface area contributed by atoms with Gasteiger partial charge in [0.05, 0.1) is 28.8 Å². The Bertz CT molecular complexity index is 2110. The third-order valence-corrected chi connectivity index (χ3v) is 9.96. The number of carbonyl (C=O) groups is 4. The molecule has 2 aliphatic carbocycles. The summed E-state index contributed by atoms with van der Waals surface area (Å²) in [6.07, 6.45) is 6.99. The second kappa shape index (κ2) is 14.8. The minimum Gasteiger partial charge on any atom is -0.349 e. The molecule has 0 radical (unpaired) electrons. The fourth-order valence-corrected chi connectivity index (χ4v) is 6.34. The maximum Gasteiger partial charge on any atom is 0.253 e. The average Bonchev–Trinajstić information content (AvgIpc) is 4.05. The van der Waals surface area contributed by atoms with Crippen LogP contribution in [0.5, 0.6) is 0 Å². The molecule has 2 unspecified atom stereocenters. The lowest BCUT2D eigenvalue weighted by atomic mass is 9.95. The van der Waals surface area contributed by atoms with Gasteiger partial charge in [0, 0.05) is 53.0 Å². The summed E-state index contributed by atoms with van der Waals surface area (Å²) >= 11 is 0. The number of anilines is 1. The van der Waals surface area contributed by atoms with Crippen LogP contribution < -0.4 is 21.3 Å². The number of nitrogens with one attached hydrogen (secondary N) is 4. The number of hydrogen-bond donors (Lipinski definition) is 4. The summed E-state index contributed by atoms with van der Waals surface area (Å²) in [5.74, 6) is -2.03. The molecule has 0 spiro atoms. The zero-order valence-corrected chi connectivity index (χ0v) is 30.7. The van der Waals surface area contributed by atoms with Crippen LogP contribution in [0.1, 0.15) is 101 Å². The monoisotopic (exact) mass is 722 g/mol. The van der Waals surface area contributed by atoms with Crippen molar-refractivity contribution in [2.45, 2.75) is 91.3 Å². The molecule has 6 rings (SSSR count). The quantitative estimate of drug-likeness (QED) is 0.124. The van der Waals surface area contributed by atoms with Gasteiger partial charge in [0.15, 0.2) is 0 Å². The number of hydrogen-bond acceptors (Lipinski definition) is 6. The Morgan fingerprint density at radius 1 is 0.774 bits per heavy atom. The largest absolute Gasteiger partial charge is 0.349 e. The molecule has 0 aliphatic heterocycles. The van der Waals surface area contributed by atoms with Crippen LogP contribution in [0.25, 0.3) is 22.5 Å². The Labute approximate surface area is 307 Å². The van der Waals surface area contributed by atoms with E-state index in [1.165, 1.54) is 31.5 Å². The third kappa shape index (κ3) is 8.93. The third-order valence-electron chi connectivity index (χ3n) is 9.96. The molecular weight excluding hydrogens is 678 g/mol. The van der Waals surface area contributed by atoms with Gasteiger partial charge in [-0.15, -0.1) is 0 Å². The van der Waals surface area contributed by atoms with Crippen LogP contribution >= 0.6 is 0 Å². The van der Waals surface area contributed by atoms with Crippen molar-refractivity contribution in [2.75, 3.05) is 5.32 Å². The smallest absolute Gasteiger partial charge is 0.253 e. The van der Waals surface area contributed by atoms with Gasteiger partial charge in [-0.3, -0.25) is 29.1 Å². The van der Waals surface area contributed by atoms with Gasteiger partial charge in [-0.1, -0.05) is 0 Å². The van der Waals surface area contributed by atoms with Gasteiger partial charge in [0.2, 0.25) is 5.91 Å². The van der Waals surface area contributed by atoms with Crippen molar-refractivity contribution in [3.8, 4) is 22.5 Å². The molecule has 4 amide bonds. The summed E-state index contributed by atoms with van der Waals surface area (Å²) in [5.41, 5.74) is 4.18. The number of carbonyl (C=O) groups excluding carboxylic acids is 4. The molecule has 2 aromatic carbocycles. The maximum atomic E-state index is 15.0. The Morgan fingerprint density at radius 3 is 1.94 bits per heavy atom. The maximum absolute atomic E-state index is 15.0. The molecule has 276 valence electrons. The summed E-state index contributed by atoms with van der Waals surface area (Å²) < 4.78 is 29.8. The van der Waals surface area contributed by atoms with E-state index >= 15 is 4.39 Å². The molecule has 4 aromatic rings. The normalized spacial score (nSPS) is 16.5. The molecule has 2 aliphatic rings. The second-order valence-corrected chi connectivity index (χ2v) is 15.0. The first-order valence-corrected chi connectivity index (χ1v) is 17.8. The summed E-state index contributed by atoms with van der Waals surface area (Å²) in [5, 5.41) is 11.7. The predicted octanol–water partition coefficient (Wildman–Crippen LogP) is 6.97. The number of amides is 4. The first kappa shape index (κ1) is 37.2. The lowest BCUT2D eigenvalue weighted by Gasteiger charge is -2.26. The van der Waals surface area contributed by atoms with Crippen molar-refractivity contribution in [3.63, 3.8) is 0 Å². The number of aromatic nitrogens is 2. The van der Waals surface area contributed by atoms with Crippen molar-refractivity contribution in [2.24, 2.45) is 5.92 Å². The van der Waals surface area contributed by atoms with Crippen molar-refractivity contribution in [1.29, 1.82) is 0 Å². The van der Waals surface area contributed by atoms with Gasteiger partial charge in [-0.2, -0.15) is 0 Å². The molecule has 10 nitrogen and oxygen atoms in total. The Balaban J connectivity index is 1.02. The van der Waals surface area contributed by atoms with Crippen molar-refractivity contribution in [1.82, 2.24) is 25.9 Å². The van der Waals surface area contributed by atoms with Gasteiger partial charge in [-0.05, 0) is 132 Å². The Kier molecular flexibility index (Phi) is 10.4. The van der Waals surface area contributed by atoms with Gasteiger partial charge in [0.25, 0.3) is 17.7 Å². The van der Waals surface area contributed by atoms with Crippen molar-refractivity contribution in [3.05, 3.63) is 99.9 Å². The summed E-state index contributed by atoms with van der Waals surface area (Å²) in [7, 11) is 0. The molecular formula is C41H44F2N6O4. The predicted molar refractivity (Wildman–Crippen MR) is 198 cm³/mol. The van der Waals surface area contributed by atoms with Crippen LogP contribution in [0.15, 0.2) is 54.9 Å². The summed E-state index contributed by atoms with van der Waals surface area (Å²) in [6, 6.07) is 10.8. The lowest BCUT2D eigenvalue weighted by Crippen LogP contribution is -2.43. The number of rotatable bonds is 12. The van der Waals surface area contributed by atoms with Crippen molar-refractivity contribution < 1.29 is 28.0 Å². The fourth-order valence-electron chi connectivity index (χ4n) is 6.34. The molecule has 0 bridgehead atoms. The van der Waals surface area contributed by atoms with Crippen LogP contribution in [0, 0.1) is 38.3 Å². The van der Waals surface area contributed by atoms with Crippen LogP contribution in [0.2, 0.25) is 0 Å². The number of pyridine rings is 2. The fraction of sp³-hybridized carbons (Fsp3) is 0.366. The molecule has 2 heterocycles. The highest BCUT2D eigenvalue weighted by molar-refractivity contribution is 5.97. The van der Waals surface area contributed by atoms with E-state index < -0.39 is 17.2 Å². The average molecular weight is 723 g/mol. The van der Waals surface area contributed by atoms with E-state index in [-0.39, 0.29) is 52.8 Å². The van der Waals surface area contributed by atoms with Gasteiger partial charge in [0.1, 0.15) is 11.6 Å². The van der Waals surface area contributed by atoms with E-state index in [2.05, 4.69) is 31.2 Å². The number of benzene rings is 2. The standard InChI is InChI=1S/C41H44F2N6O4/c1-21-13-36(45-20-37(21)46-24(4)50)31-15-28(17-33(43)23(31)3)39(52)48-35-18-25(35)11-12-41(5,6)49-40(53)26-7-10-34(44-19-26)30-14-27(16-32(42)22(30)2)38(51)47-29-8-9-29/h7,10,13-17,19-20,25,29,35H,8-9,11-12,18H2,1-6H3,(H,46,50)(H,47,51)(H,48,52)(H,49,53). The molecule has 2 saturated carbocycles. The van der Waals surface area contributed by atoms with E-state index in [9.17, 15) is 23.6 Å². The van der Waals surface area contributed by atoms with Crippen LogP contribution in [-0.2, 0) is 4.79 Å². The summed E-state index contributed by atoms with van der Waals surface area (Å²) in [4.78, 5) is 59.3. The molecule has 2 atom stereocenters. The minimum absolute atomic E-state index is 0.0672. The minimum atomic E-state index is -0.564. The van der Waals surface area contributed by atoms with E-state index in [4.69, 9.17) is 0 Å². The van der Waals surface area contributed by atoms with Crippen molar-refractivity contribution >= 4 is 29.3 Å². The highest BCUT2D eigenvalue weighted by Crippen LogP contribution is 2.37. The highest BCUT2D eigenvalue weighted by Gasteiger charge is 2.39. The van der Waals surface area contributed by atoms with E-state index in [1.807, 2.05) is 20.8 Å². The molecule has 4 N–H and O–H groups in total. The molecule has 2 aromatic heterocycles. The van der Waals surface area contributed by atoms with Gasteiger partial charge < -0.3 is 21.3 Å². The molecule has 12 heteroatoms. The topological polar surface area (TPSA) is 142 Å². The highest BCUT2D eigenvalue weighted by atomic mass is 19.1. The number of nitrogens with zero attached hydrogens (tertiary/aromatic N) is 2. The molecule has 53 heavy (non-hydrogen) atoms. The zero-order chi connectivity index (χ0) is 38.2. The first-order chi connectivity index (χ1) is 25.1.